The molecule has 106 valence electrons. The first kappa shape index (κ1) is 15.1. The number of rotatable bonds is 5. The highest BCUT2D eigenvalue weighted by atomic mass is 32.2. The second-order valence-corrected chi connectivity index (χ2v) is 6.19. The minimum atomic E-state index is -0.167. The molecule has 0 aliphatic heterocycles. The molecule has 0 fully saturated rings. The van der Waals surface area contributed by atoms with Crippen LogP contribution in [0.3, 0.4) is 0 Å². The number of nitrogens with two attached hydrogens (primary N) is 1. The van der Waals surface area contributed by atoms with Crippen molar-refractivity contribution in [1.82, 2.24) is 0 Å². The largest absolute Gasteiger partial charge is 0.326 e. The fourth-order valence-electron chi connectivity index (χ4n) is 1.94. The lowest BCUT2D eigenvalue weighted by molar-refractivity contribution is 0.615. The molecular formula is C17H20FNS. The molecule has 2 N–H and O–H groups in total. The Labute approximate surface area is 124 Å². The number of benzene rings is 2. The summed E-state index contributed by atoms with van der Waals surface area (Å²) in [5.74, 6) is 1.01. The van der Waals surface area contributed by atoms with Crippen LogP contribution >= 0.6 is 11.8 Å². The molecule has 20 heavy (non-hydrogen) atoms. The lowest BCUT2D eigenvalue weighted by Gasteiger charge is -2.08. The molecule has 0 radical (unpaired) electrons. The molecule has 3 heteroatoms. The first-order valence-corrected chi connectivity index (χ1v) is 7.79. The second-order valence-electron chi connectivity index (χ2n) is 5.14. The zero-order valence-electron chi connectivity index (χ0n) is 11.9. The molecule has 0 aliphatic carbocycles. The van der Waals surface area contributed by atoms with Crippen LogP contribution < -0.4 is 5.73 Å². The van der Waals surface area contributed by atoms with E-state index in [0.717, 1.165) is 16.0 Å². The minimum absolute atomic E-state index is 0.167. The summed E-state index contributed by atoms with van der Waals surface area (Å²) < 4.78 is 13.8. The highest BCUT2D eigenvalue weighted by Crippen LogP contribution is 2.26. The lowest BCUT2D eigenvalue weighted by atomic mass is 10.0. The van der Waals surface area contributed by atoms with Crippen LogP contribution in [-0.4, -0.2) is 0 Å². The summed E-state index contributed by atoms with van der Waals surface area (Å²) in [5, 5.41) is 0. The van der Waals surface area contributed by atoms with Crippen molar-refractivity contribution in [2.45, 2.75) is 37.0 Å². The predicted octanol–water partition coefficient (Wildman–Crippen LogP) is 4.70. The number of hydrogen-bond acceptors (Lipinski definition) is 2. The monoisotopic (exact) mass is 289 g/mol. The van der Waals surface area contributed by atoms with Crippen molar-refractivity contribution < 1.29 is 4.39 Å². The van der Waals surface area contributed by atoms with Crippen LogP contribution in [0.4, 0.5) is 4.39 Å². The molecule has 0 atom stereocenters. The number of hydrogen-bond donors (Lipinski definition) is 1. The molecule has 0 spiro atoms. The van der Waals surface area contributed by atoms with E-state index in [2.05, 4.69) is 38.1 Å². The van der Waals surface area contributed by atoms with E-state index < -0.39 is 0 Å². The minimum Gasteiger partial charge on any atom is -0.326 e. The molecule has 2 rings (SSSR count). The SMILES string of the molecule is CC(C)c1ccc(SCc2ccc(CN)cc2F)cc1. The molecule has 0 aliphatic rings. The van der Waals surface area contributed by atoms with Gasteiger partial charge in [-0.1, -0.05) is 38.1 Å². The summed E-state index contributed by atoms with van der Waals surface area (Å²) in [6.45, 7) is 4.73. The molecule has 0 saturated carbocycles. The molecule has 2 aromatic rings. The molecule has 0 unspecified atom stereocenters. The van der Waals surface area contributed by atoms with Gasteiger partial charge in [-0.05, 0) is 40.8 Å². The first-order valence-electron chi connectivity index (χ1n) is 6.80. The summed E-state index contributed by atoms with van der Waals surface area (Å²) in [5.41, 5.74) is 8.38. The van der Waals surface area contributed by atoms with Crippen molar-refractivity contribution in [1.29, 1.82) is 0 Å². The Morgan fingerprint density at radius 2 is 1.80 bits per heavy atom. The van der Waals surface area contributed by atoms with E-state index >= 15 is 0 Å². The molecule has 0 bridgehead atoms. The van der Waals surface area contributed by atoms with Gasteiger partial charge >= 0.3 is 0 Å². The first-order chi connectivity index (χ1) is 9.60. The summed E-state index contributed by atoms with van der Waals surface area (Å²) in [4.78, 5) is 1.16. The van der Waals surface area contributed by atoms with Gasteiger partial charge in [0.15, 0.2) is 0 Å². The highest BCUT2D eigenvalue weighted by Gasteiger charge is 2.05. The van der Waals surface area contributed by atoms with E-state index in [9.17, 15) is 4.39 Å². The van der Waals surface area contributed by atoms with Gasteiger partial charge in [-0.3, -0.25) is 0 Å². The Hall–Kier alpha value is -1.32. The van der Waals surface area contributed by atoms with Gasteiger partial charge in [0.2, 0.25) is 0 Å². The third kappa shape index (κ3) is 3.84. The average molecular weight is 289 g/mol. The van der Waals surface area contributed by atoms with Gasteiger partial charge in [-0.15, -0.1) is 11.8 Å². The topological polar surface area (TPSA) is 26.0 Å². The Balaban J connectivity index is 2.01. The number of thioether (sulfide) groups is 1. The Bertz CT molecular complexity index is 564. The van der Waals surface area contributed by atoms with E-state index in [1.54, 1.807) is 11.8 Å². The maximum atomic E-state index is 13.8. The van der Waals surface area contributed by atoms with Gasteiger partial charge in [0, 0.05) is 17.2 Å². The molecular weight excluding hydrogens is 269 g/mol. The van der Waals surface area contributed by atoms with Gasteiger partial charge in [-0.25, -0.2) is 4.39 Å². The molecule has 1 nitrogen and oxygen atoms in total. The molecule has 2 aromatic carbocycles. The molecule has 0 saturated heterocycles. The molecule has 0 aromatic heterocycles. The molecule has 0 amide bonds. The van der Waals surface area contributed by atoms with Gasteiger partial charge in [0.1, 0.15) is 5.82 Å². The van der Waals surface area contributed by atoms with Crippen molar-refractivity contribution in [2.75, 3.05) is 0 Å². The average Bonchev–Trinajstić information content (AvgIpc) is 2.46. The van der Waals surface area contributed by atoms with Crippen LogP contribution in [0.15, 0.2) is 47.4 Å². The zero-order chi connectivity index (χ0) is 14.5. The Kier molecular flexibility index (Phi) is 5.21. The van der Waals surface area contributed by atoms with E-state index in [4.69, 9.17) is 5.73 Å². The van der Waals surface area contributed by atoms with Gasteiger partial charge in [-0.2, -0.15) is 0 Å². The summed E-state index contributed by atoms with van der Waals surface area (Å²) >= 11 is 1.65. The van der Waals surface area contributed by atoms with Crippen molar-refractivity contribution in [3.8, 4) is 0 Å². The third-order valence-electron chi connectivity index (χ3n) is 3.29. The summed E-state index contributed by atoms with van der Waals surface area (Å²) in [6.07, 6.45) is 0. The summed E-state index contributed by atoms with van der Waals surface area (Å²) in [7, 11) is 0. The Morgan fingerprint density at radius 3 is 2.35 bits per heavy atom. The highest BCUT2D eigenvalue weighted by molar-refractivity contribution is 7.98. The third-order valence-corrected chi connectivity index (χ3v) is 4.36. The Morgan fingerprint density at radius 1 is 1.10 bits per heavy atom. The van der Waals surface area contributed by atoms with Gasteiger partial charge < -0.3 is 5.73 Å². The van der Waals surface area contributed by atoms with Crippen molar-refractivity contribution >= 4 is 11.8 Å². The van der Waals surface area contributed by atoms with E-state index in [1.165, 1.54) is 11.6 Å². The second kappa shape index (κ2) is 6.91. The van der Waals surface area contributed by atoms with Crippen LogP contribution in [0, 0.1) is 5.82 Å². The van der Waals surface area contributed by atoms with E-state index in [0.29, 0.717) is 18.2 Å². The normalized spacial score (nSPS) is 11.1. The maximum absolute atomic E-state index is 13.8. The zero-order valence-corrected chi connectivity index (χ0v) is 12.7. The van der Waals surface area contributed by atoms with Crippen LogP contribution in [-0.2, 0) is 12.3 Å². The van der Waals surface area contributed by atoms with Crippen LogP contribution in [0.1, 0.15) is 36.5 Å². The van der Waals surface area contributed by atoms with Gasteiger partial charge in [0.25, 0.3) is 0 Å². The standard InChI is InChI=1S/C17H20FNS/c1-12(2)14-5-7-16(8-6-14)20-11-15-4-3-13(10-19)9-17(15)18/h3-9,12H,10-11,19H2,1-2H3. The maximum Gasteiger partial charge on any atom is 0.127 e. The predicted molar refractivity (Wildman–Crippen MR) is 84.4 cm³/mol. The summed E-state index contributed by atoms with van der Waals surface area (Å²) in [6, 6.07) is 13.7. The number of halogens is 1. The van der Waals surface area contributed by atoms with Crippen molar-refractivity contribution in [3.05, 3.63) is 65.0 Å². The van der Waals surface area contributed by atoms with E-state index in [-0.39, 0.29) is 5.82 Å². The fourth-order valence-corrected chi connectivity index (χ4v) is 2.83. The smallest absolute Gasteiger partial charge is 0.127 e. The lowest BCUT2D eigenvalue weighted by Crippen LogP contribution is -1.98. The van der Waals surface area contributed by atoms with E-state index in [1.807, 2.05) is 12.1 Å². The quantitative estimate of drug-likeness (QED) is 0.807. The van der Waals surface area contributed by atoms with Gasteiger partial charge in [0.05, 0.1) is 0 Å². The van der Waals surface area contributed by atoms with Crippen LogP contribution in [0.5, 0.6) is 0 Å². The molecule has 0 heterocycles. The fraction of sp³-hybridized carbons (Fsp3) is 0.294. The van der Waals surface area contributed by atoms with Crippen LogP contribution in [0.25, 0.3) is 0 Å². The van der Waals surface area contributed by atoms with Crippen molar-refractivity contribution in [2.24, 2.45) is 5.73 Å². The van der Waals surface area contributed by atoms with Crippen molar-refractivity contribution in [3.63, 3.8) is 0 Å². The van der Waals surface area contributed by atoms with Crippen LogP contribution in [0.2, 0.25) is 0 Å².